The molecule has 0 amide bonds. The summed E-state index contributed by atoms with van der Waals surface area (Å²) in [6.07, 6.45) is 0. The highest BCUT2D eigenvalue weighted by molar-refractivity contribution is 6.06. The molecule has 0 bridgehead atoms. The third-order valence-electron chi connectivity index (χ3n) is 2.66. The van der Waals surface area contributed by atoms with Crippen molar-refractivity contribution in [3.8, 4) is 5.75 Å². The Labute approximate surface area is 110 Å². The minimum atomic E-state index is -0.499. The number of halogens is 2. The van der Waals surface area contributed by atoms with E-state index in [1.54, 1.807) is 0 Å². The van der Waals surface area contributed by atoms with E-state index in [-0.39, 0.29) is 30.0 Å². The molecule has 98 valence electrons. The molecule has 0 saturated heterocycles. The molecule has 1 aromatic carbocycles. The number of nitrogens with zero attached hydrogens (tertiary/aromatic N) is 2. The van der Waals surface area contributed by atoms with Crippen molar-refractivity contribution in [2.75, 3.05) is 6.54 Å². The van der Waals surface area contributed by atoms with Gasteiger partial charge in [-0.15, -0.1) is 12.4 Å². The molecule has 5 nitrogen and oxygen atoms in total. The minimum Gasteiger partial charge on any atom is -0.507 e. The fourth-order valence-electron chi connectivity index (χ4n) is 1.81. The highest BCUT2D eigenvalue weighted by Gasteiger charge is 2.27. The van der Waals surface area contributed by atoms with Crippen LogP contribution in [0.1, 0.15) is 12.5 Å². The van der Waals surface area contributed by atoms with Crippen LogP contribution in [-0.4, -0.2) is 28.3 Å². The number of guanidine groups is 1. The third kappa shape index (κ3) is 2.53. The molecule has 0 spiro atoms. The smallest absolute Gasteiger partial charge is 0.209 e. The quantitative estimate of drug-likeness (QED) is 0.535. The van der Waals surface area contributed by atoms with Crippen LogP contribution in [0.5, 0.6) is 5.75 Å². The van der Waals surface area contributed by atoms with Crippen molar-refractivity contribution in [3.63, 3.8) is 0 Å². The van der Waals surface area contributed by atoms with Crippen LogP contribution in [0.25, 0.3) is 0 Å². The second-order valence-electron chi connectivity index (χ2n) is 4.02. The average molecular weight is 273 g/mol. The second kappa shape index (κ2) is 5.22. The number of phenols is 1. The largest absolute Gasteiger partial charge is 0.507 e. The Hall–Kier alpha value is -1.82. The lowest BCUT2D eigenvalue weighted by atomic mass is 9.98. The van der Waals surface area contributed by atoms with Gasteiger partial charge >= 0.3 is 0 Å². The molecule has 1 aromatic rings. The van der Waals surface area contributed by atoms with E-state index in [4.69, 9.17) is 11.1 Å². The summed E-state index contributed by atoms with van der Waals surface area (Å²) >= 11 is 0. The van der Waals surface area contributed by atoms with Gasteiger partial charge in [-0.3, -0.25) is 5.41 Å². The first kappa shape index (κ1) is 14.2. The molecule has 1 atom stereocenters. The van der Waals surface area contributed by atoms with Gasteiger partial charge in [-0.1, -0.05) is 6.92 Å². The van der Waals surface area contributed by atoms with Crippen LogP contribution in [0, 0.1) is 17.1 Å². The Morgan fingerprint density at radius 2 is 2.28 bits per heavy atom. The molecule has 0 aliphatic carbocycles. The van der Waals surface area contributed by atoms with E-state index in [1.165, 1.54) is 17.1 Å². The summed E-state index contributed by atoms with van der Waals surface area (Å²) in [4.78, 5) is 0. The molecular weight excluding hydrogens is 259 g/mol. The summed E-state index contributed by atoms with van der Waals surface area (Å²) in [6.45, 7) is 2.39. The lowest BCUT2D eigenvalue weighted by Crippen LogP contribution is -2.31. The maximum absolute atomic E-state index is 12.9. The summed E-state index contributed by atoms with van der Waals surface area (Å²) in [5.74, 6) is -0.773. The molecule has 0 saturated carbocycles. The van der Waals surface area contributed by atoms with Gasteiger partial charge in [-0.05, 0) is 12.1 Å². The highest BCUT2D eigenvalue weighted by Crippen LogP contribution is 2.26. The van der Waals surface area contributed by atoms with Crippen LogP contribution in [0.15, 0.2) is 23.3 Å². The lowest BCUT2D eigenvalue weighted by molar-refractivity contribution is 0.448. The van der Waals surface area contributed by atoms with Crippen LogP contribution >= 0.6 is 12.4 Å². The van der Waals surface area contributed by atoms with Gasteiger partial charge in [0.2, 0.25) is 5.96 Å². The SMILES string of the molecule is C[C@H]1CN(C(=N)N)N=C1c1ccc(F)cc1O.Cl. The van der Waals surface area contributed by atoms with Gasteiger partial charge in [-0.25, -0.2) is 9.40 Å². The molecule has 18 heavy (non-hydrogen) atoms. The van der Waals surface area contributed by atoms with E-state index in [0.717, 1.165) is 6.07 Å². The first-order valence-electron chi connectivity index (χ1n) is 5.18. The predicted molar refractivity (Wildman–Crippen MR) is 69.6 cm³/mol. The molecule has 0 fully saturated rings. The van der Waals surface area contributed by atoms with Crippen molar-refractivity contribution in [3.05, 3.63) is 29.6 Å². The predicted octanol–water partition coefficient (Wildman–Crippen LogP) is 1.50. The van der Waals surface area contributed by atoms with E-state index in [2.05, 4.69) is 5.10 Å². The van der Waals surface area contributed by atoms with E-state index >= 15 is 0 Å². The number of phenolic OH excluding ortho intramolecular Hbond substituents is 1. The second-order valence-corrected chi connectivity index (χ2v) is 4.02. The Bertz CT molecular complexity index is 506. The van der Waals surface area contributed by atoms with Crippen LogP contribution in [0.3, 0.4) is 0 Å². The first-order valence-corrected chi connectivity index (χ1v) is 5.18. The van der Waals surface area contributed by atoms with Crippen LogP contribution in [0.2, 0.25) is 0 Å². The van der Waals surface area contributed by atoms with Crippen LogP contribution in [-0.2, 0) is 0 Å². The van der Waals surface area contributed by atoms with E-state index in [0.29, 0.717) is 17.8 Å². The Balaban J connectivity index is 0.00000162. The molecular formula is C11H14ClFN4O. The number of nitrogens with two attached hydrogens (primary N) is 1. The van der Waals surface area contributed by atoms with Crippen molar-refractivity contribution >= 4 is 24.1 Å². The normalized spacial score (nSPS) is 18.2. The number of hydrogen-bond acceptors (Lipinski definition) is 3. The molecule has 4 N–H and O–H groups in total. The summed E-state index contributed by atoms with van der Waals surface area (Å²) in [5.41, 5.74) is 6.43. The molecule has 0 aromatic heterocycles. The van der Waals surface area contributed by atoms with Gasteiger partial charge in [-0.2, -0.15) is 5.10 Å². The Kier molecular flexibility index (Phi) is 4.13. The number of nitrogens with one attached hydrogen (secondary N) is 1. The minimum absolute atomic E-state index is 0. The summed E-state index contributed by atoms with van der Waals surface area (Å²) in [7, 11) is 0. The Morgan fingerprint density at radius 1 is 1.61 bits per heavy atom. The van der Waals surface area contributed by atoms with Gasteiger partial charge in [0.1, 0.15) is 11.6 Å². The molecule has 7 heteroatoms. The standard InChI is InChI=1S/C11H13FN4O.ClH/c1-6-5-16(11(13)14)15-10(6)8-3-2-7(12)4-9(8)17;/h2-4,6,17H,5H2,1H3,(H3,13,14);1H/t6-;/m0./s1. The van der Waals surface area contributed by atoms with Crippen molar-refractivity contribution < 1.29 is 9.50 Å². The molecule has 2 rings (SSSR count). The van der Waals surface area contributed by atoms with Crippen LogP contribution < -0.4 is 5.73 Å². The van der Waals surface area contributed by atoms with E-state index < -0.39 is 5.82 Å². The number of aromatic hydroxyl groups is 1. The number of hydrazone groups is 1. The Morgan fingerprint density at radius 3 is 2.78 bits per heavy atom. The van der Waals surface area contributed by atoms with Crippen LogP contribution in [0.4, 0.5) is 4.39 Å². The van der Waals surface area contributed by atoms with Gasteiger partial charge in [0.25, 0.3) is 0 Å². The molecule has 1 aliphatic heterocycles. The topological polar surface area (TPSA) is 85.7 Å². The summed E-state index contributed by atoms with van der Waals surface area (Å²) in [6, 6.07) is 3.78. The number of rotatable bonds is 1. The average Bonchev–Trinajstić information content (AvgIpc) is 2.61. The lowest BCUT2D eigenvalue weighted by Gasteiger charge is -2.10. The summed E-state index contributed by atoms with van der Waals surface area (Å²) < 4.78 is 12.9. The molecule has 1 heterocycles. The molecule has 0 radical (unpaired) electrons. The van der Waals surface area contributed by atoms with Gasteiger partial charge < -0.3 is 10.8 Å². The van der Waals surface area contributed by atoms with E-state index in [1.807, 2.05) is 6.92 Å². The number of benzene rings is 1. The molecule has 1 aliphatic rings. The fraction of sp³-hybridized carbons (Fsp3) is 0.273. The maximum Gasteiger partial charge on any atom is 0.209 e. The zero-order valence-corrected chi connectivity index (χ0v) is 10.5. The number of hydrogen-bond donors (Lipinski definition) is 3. The van der Waals surface area contributed by atoms with Gasteiger partial charge in [0.15, 0.2) is 0 Å². The first-order chi connectivity index (χ1) is 7.99. The molecule has 0 unspecified atom stereocenters. The zero-order valence-electron chi connectivity index (χ0n) is 9.72. The maximum atomic E-state index is 12.9. The fourth-order valence-corrected chi connectivity index (χ4v) is 1.81. The van der Waals surface area contributed by atoms with Crippen molar-refractivity contribution in [1.82, 2.24) is 5.01 Å². The van der Waals surface area contributed by atoms with Gasteiger partial charge in [0, 0.05) is 17.5 Å². The van der Waals surface area contributed by atoms with Crippen molar-refractivity contribution in [2.24, 2.45) is 16.8 Å². The van der Waals surface area contributed by atoms with Crippen molar-refractivity contribution in [1.29, 1.82) is 5.41 Å². The highest BCUT2D eigenvalue weighted by atomic mass is 35.5. The van der Waals surface area contributed by atoms with E-state index in [9.17, 15) is 9.50 Å². The summed E-state index contributed by atoms with van der Waals surface area (Å²) in [5, 5.41) is 22.5. The zero-order chi connectivity index (χ0) is 12.6. The van der Waals surface area contributed by atoms with Crippen molar-refractivity contribution in [2.45, 2.75) is 6.92 Å². The monoisotopic (exact) mass is 272 g/mol. The van der Waals surface area contributed by atoms with Gasteiger partial charge in [0.05, 0.1) is 12.3 Å². The third-order valence-corrected chi connectivity index (χ3v) is 2.66.